The number of imidazole rings is 1. The zero-order chi connectivity index (χ0) is 28.2. The predicted molar refractivity (Wildman–Crippen MR) is 138 cm³/mol. The van der Waals surface area contributed by atoms with E-state index < -0.39 is 29.0 Å². The smallest absolute Gasteiger partial charge is 0.379 e. The van der Waals surface area contributed by atoms with Gasteiger partial charge in [0.1, 0.15) is 6.33 Å². The Morgan fingerprint density at radius 1 is 1.07 bits per heavy atom. The highest BCUT2D eigenvalue weighted by Gasteiger charge is 2.50. The molecule has 0 radical (unpaired) electrons. The lowest BCUT2D eigenvalue weighted by Gasteiger charge is -2.43. The number of benzene rings is 1. The van der Waals surface area contributed by atoms with Crippen molar-refractivity contribution in [2.75, 3.05) is 46.4 Å². The molecule has 2 aliphatic heterocycles. The monoisotopic (exact) mass is 559 g/mol. The molecule has 1 atom stereocenters. The Hall–Kier alpha value is -3.55. The van der Waals surface area contributed by atoms with Crippen LogP contribution in [0.4, 0.5) is 17.6 Å². The molecule has 2 saturated heterocycles. The van der Waals surface area contributed by atoms with Gasteiger partial charge in [0.2, 0.25) is 0 Å². The van der Waals surface area contributed by atoms with Crippen LogP contribution < -0.4 is 5.69 Å². The lowest BCUT2D eigenvalue weighted by atomic mass is 9.74. The summed E-state index contributed by atoms with van der Waals surface area (Å²) >= 11 is 0. The molecule has 5 heterocycles. The van der Waals surface area contributed by atoms with Crippen molar-refractivity contribution in [3.8, 4) is 5.69 Å². The van der Waals surface area contributed by atoms with Crippen LogP contribution in [0.25, 0.3) is 11.2 Å². The summed E-state index contributed by atoms with van der Waals surface area (Å²) in [5.74, 6) is 0.142. The number of nitrogens with zero attached hydrogens (tertiary/aromatic N) is 7. The second-order valence-electron chi connectivity index (χ2n) is 10.7. The molecular weight excluding hydrogens is 530 g/mol. The molecule has 1 aromatic carbocycles. The van der Waals surface area contributed by atoms with Gasteiger partial charge in [-0.15, -0.1) is 10.2 Å². The number of piperazine rings is 1. The van der Waals surface area contributed by atoms with Crippen LogP contribution in [0.5, 0.6) is 0 Å². The molecular formula is C27H29F4N7O2. The van der Waals surface area contributed by atoms with Crippen molar-refractivity contribution in [2.45, 2.75) is 24.3 Å². The van der Waals surface area contributed by atoms with Gasteiger partial charge in [-0.05, 0) is 36.4 Å². The van der Waals surface area contributed by atoms with Crippen molar-refractivity contribution in [2.24, 2.45) is 7.05 Å². The molecule has 212 valence electrons. The Morgan fingerprint density at radius 3 is 2.45 bits per heavy atom. The lowest BCUT2D eigenvalue weighted by Crippen LogP contribution is -2.50. The van der Waals surface area contributed by atoms with Crippen LogP contribution in [0.3, 0.4) is 0 Å². The molecule has 13 heteroatoms. The largest absolute Gasteiger partial charge is 0.418 e. The summed E-state index contributed by atoms with van der Waals surface area (Å²) in [4.78, 5) is 17.8. The van der Waals surface area contributed by atoms with Gasteiger partial charge in [0.05, 0.1) is 35.4 Å². The minimum atomic E-state index is -4.66. The van der Waals surface area contributed by atoms with Crippen molar-refractivity contribution >= 4 is 5.52 Å². The first-order valence-electron chi connectivity index (χ1n) is 13.0. The van der Waals surface area contributed by atoms with Crippen LogP contribution in [0.15, 0.2) is 53.8 Å². The first kappa shape index (κ1) is 26.7. The quantitative estimate of drug-likeness (QED) is 0.339. The van der Waals surface area contributed by atoms with Crippen molar-refractivity contribution < 1.29 is 22.3 Å². The summed E-state index contributed by atoms with van der Waals surface area (Å²) in [6, 6.07) is 7.76. The number of ether oxygens (including phenoxy) is 1. The van der Waals surface area contributed by atoms with Crippen LogP contribution in [-0.2, 0) is 29.9 Å². The minimum absolute atomic E-state index is 0.0883. The first-order chi connectivity index (χ1) is 19.1. The number of aromatic nitrogens is 5. The SMILES string of the molecule is CN1CCN(Cc2cc(C(F)(F)F)c3cn(-c4cccc(C5(C(F)c6nncn6C)COC5)c4)c(=O)n3c2)CC1. The third kappa shape index (κ3) is 4.51. The summed E-state index contributed by atoms with van der Waals surface area (Å²) in [5, 5.41) is 7.68. The molecule has 6 rings (SSSR count). The fourth-order valence-corrected chi connectivity index (χ4v) is 5.52. The number of halogens is 4. The van der Waals surface area contributed by atoms with Crippen LogP contribution in [0.1, 0.15) is 28.7 Å². The van der Waals surface area contributed by atoms with E-state index in [1.807, 2.05) is 7.05 Å². The average molecular weight is 560 g/mol. The highest BCUT2D eigenvalue weighted by molar-refractivity contribution is 5.58. The fraction of sp³-hybridized carbons (Fsp3) is 0.444. The van der Waals surface area contributed by atoms with Gasteiger partial charge >= 0.3 is 11.9 Å². The van der Waals surface area contributed by atoms with Gasteiger partial charge in [-0.1, -0.05) is 12.1 Å². The Balaban J connectivity index is 1.40. The Kier molecular flexibility index (Phi) is 6.55. The average Bonchev–Trinajstić information content (AvgIpc) is 3.47. The number of hydrogen-bond donors (Lipinski definition) is 0. The van der Waals surface area contributed by atoms with Crippen molar-refractivity contribution in [3.63, 3.8) is 0 Å². The van der Waals surface area contributed by atoms with E-state index in [9.17, 15) is 18.0 Å². The lowest BCUT2D eigenvalue weighted by molar-refractivity contribution is -0.136. The van der Waals surface area contributed by atoms with E-state index in [0.717, 1.165) is 36.6 Å². The maximum atomic E-state index is 15.8. The summed E-state index contributed by atoms with van der Waals surface area (Å²) < 4.78 is 67.5. The number of rotatable bonds is 6. The van der Waals surface area contributed by atoms with E-state index in [2.05, 4.69) is 20.0 Å². The zero-order valence-electron chi connectivity index (χ0n) is 22.1. The molecule has 0 saturated carbocycles. The number of hydrogen-bond acceptors (Lipinski definition) is 6. The van der Waals surface area contributed by atoms with E-state index in [0.29, 0.717) is 23.4 Å². The molecule has 0 spiro atoms. The standard InChI is InChI=1S/C27H29F4N7O2/c1-34-6-8-36(9-7-34)12-18-10-21(27(29,30)31)22-14-37(25(39)38(22)13-18)20-5-3-4-19(11-20)26(15-40-16-26)23(28)24-33-32-17-35(24)2/h3-5,10-11,13-14,17,23H,6-9,12,15-16H2,1-2H3. The Morgan fingerprint density at radius 2 is 1.82 bits per heavy atom. The van der Waals surface area contributed by atoms with E-state index >= 15 is 4.39 Å². The van der Waals surface area contributed by atoms with Gasteiger partial charge < -0.3 is 14.2 Å². The van der Waals surface area contributed by atoms with Gasteiger partial charge in [-0.2, -0.15) is 13.2 Å². The topological polar surface area (TPSA) is 72.8 Å². The molecule has 4 aromatic rings. The van der Waals surface area contributed by atoms with Gasteiger partial charge in [-0.25, -0.2) is 9.18 Å². The summed E-state index contributed by atoms with van der Waals surface area (Å²) in [7, 11) is 3.65. The molecule has 2 fully saturated rings. The number of likely N-dealkylation sites (N-methyl/N-ethyl adjacent to an activating group) is 1. The third-order valence-corrected chi connectivity index (χ3v) is 8.01. The van der Waals surface area contributed by atoms with Crippen molar-refractivity contribution in [3.05, 3.63) is 82.1 Å². The predicted octanol–water partition coefficient (Wildman–Crippen LogP) is 2.96. The zero-order valence-corrected chi connectivity index (χ0v) is 22.1. The Labute approximate surface area is 227 Å². The highest BCUT2D eigenvalue weighted by atomic mass is 19.4. The number of fused-ring (bicyclic) bond motifs is 1. The number of alkyl halides is 4. The second kappa shape index (κ2) is 9.82. The molecule has 2 aliphatic rings. The molecule has 0 amide bonds. The van der Waals surface area contributed by atoms with E-state index in [1.165, 1.54) is 27.9 Å². The minimum Gasteiger partial charge on any atom is -0.379 e. The van der Waals surface area contributed by atoms with Crippen LogP contribution >= 0.6 is 0 Å². The van der Waals surface area contributed by atoms with Gasteiger partial charge in [0.15, 0.2) is 12.0 Å². The highest BCUT2D eigenvalue weighted by Crippen LogP contribution is 2.45. The molecule has 0 bridgehead atoms. The Bertz CT molecular complexity index is 1600. The first-order valence-corrected chi connectivity index (χ1v) is 13.0. The van der Waals surface area contributed by atoms with Crippen molar-refractivity contribution in [1.82, 2.24) is 33.5 Å². The molecule has 0 N–H and O–H groups in total. The number of pyridine rings is 1. The molecule has 0 aliphatic carbocycles. The van der Waals surface area contributed by atoms with E-state index in [-0.39, 0.29) is 24.6 Å². The normalized spacial score (nSPS) is 19.1. The van der Waals surface area contributed by atoms with Gasteiger partial charge in [-0.3, -0.25) is 13.9 Å². The maximum absolute atomic E-state index is 15.8. The molecule has 40 heavy (non-hydrogen) atoms. The second-order valence-corrected chi connectivity index (χ2v) is 10.7. The van der Waals surface area contributed by atoms with Crippen LogP contribution in [0.2, 0.25) is 0 Å². The van der Waals surface area contributed by atoms with Crippen molar-refractivity contribution in [1.29, 1.82) is 0 Å². The van der Waals surface area contributed by atoms with Crippen LogP contribution in [-0.4, -0.2) is 80.0 Å². The summed E-state index contributed by atoms with van der Waals surface area (Å²) in [6.07, 6.45) is -2.10. The summed E-state index contributed by atoms with van der Waals surface area (Å²) in [5.41, 5.74) is -1.52. The van der Waals surface area contributed by atoms with Crippen LogP contribution in [0, 0.1) is 0 Å². The molecule has 3 aromatic heterocycles. The summed E-state index contributed by atoms with van der Waals surface area (Å²) in [6.45, 7) is 3.59. The molecule has 1 unspecified atom stereocenters. The number of aryl methyl sites for hydroxylation is 1. The van der Waals surface area contributed by atoms with Gasteiger partial charge in [0.25, 0.3) is 0 Å². The molecule has 9 nitrogen and oxygen atoms in total. The van der Waals surface area contributed by atoms with E-state index in [4.69, 9.17) is 4.74 Å². The fourth-order valence-electron chi connectivity index (χ4n) is 5.52. The third-order valence-electron chi connectivity index (χ3n) is 8.01. The van der Waals surface area contributed by atoms with E-state index in [1.54, 1.807) is 31.3 Å². The maximum Gasteiger partial charge on any atom is 0.418 e. The van der Waals surface area contributed by atoms with Gasteiger partial charge in [0, 0.05) is 52.2 Å².